The summed E-state index contributed by atoms with van der Waals surface area (Å²) in [5.74, 6) is 0. The summed E-state index contributed by atoms with van der Waals surface area (Å²) in [6, 6.07) is 1.29. The van der Waals surface area contributed by atoms with Crippen molar-refractivity contribution in [3.8, 4) is 6.07 Å². The van der Waals surface area contributed by atoms with Crippen LogP contribution in [0.2, 0.25) is 0 Å². The van der Waals surface area contributed by atoms with Crippen molar-refractivity contribution in [1.29, 1.82) is 5.26 Å². The highest BCUT2D eigenvalue weighted by atomic mass is 35.5. The maximum Gasteiger partial charge on any atom is 0.353 e. The molecule has 2 atom stereocenters. The molecule has 0 heterocycles. The first-order chi connectivity index (χ1) is 5.80. The molecule has 0 saturated carbocycles. The average Bonchev–Trinajstić information content (AvgIpc) is 1.96. The van der Waals surface area contributed by atoms with Crippen molar-refractivity contribution in [2.45, 2.75) is 23.2 Å². The van der Waals surface area contributed by atoms with Gasteiger partial charge >= 0.3 is 5.38 Å². The van der Waals surface area contributed by atoms with Gasteiger partial charge in [-0.1, -0.05) is 0 Å². The second-order valence-electron chi connectivity index (χ2n) is 2.16. The number of hydrogen-bond donors (Lipinski definition) is 1. The van der Waals surface area contributed by atoms with Gasteiger partial charge in [-0.25, -0.2) is 12.8 Å². The van der Waals surface area contributed by atoms with Crippen molar-refractivity contribution in [2.75, 3.05) is 0 Å². The van der Waals surface area contributed by atoms with Gasteiger partial charge in [0.1, 0.15) is 16.0 Å². The molecule has 0 spiro atoms. The Morgan fingerprint density at radius 3 is 2.23 bits per heavy atom. The molecule has 0 N–H and O–H groups in total. The summed E-state index contributed by atoms with van der Waals surface area (Å²) in [6.07, 6.45) is -3.91. The van der Waals surface area contributed by atoms with Gasteiger partial charge in [0.25, 0.3) is 0 Å². The fourth-order valence-electron chi connectivity index (χ4n) is 0.597. The van der Waals surface area contributed by atoms with Gasteiger partial charge < -0.3 is 0 Å². The number of hydrogen-bond acceptors (Lipinski definition) is 3. The molecule has 0 aromatic rings. The van der Waals surface area contributed by atoms with Crippen LogP contribution in [-0.4, -0.2) is 25.2 Å². The van der Waals surface area contributed by atoms with Gasteiger partial charge in [-0.05, 0) is 11.6 Å². The van der Waals surface area contributed by atoms with E-state index in [4.69, 9.17) is 5.26 Å². The molecular weight excluding hydrogens is 231 g/mol. The standard InChI is InChI=1S/C5H5ClF3NO2S/c6-5(8,9)4(7)3(1-2-10)13(11)12/h3-4,13H,1H2. The summed E-state index contributed by atoms with van der Waals surface area (Å²) >= 11 is 4.27. The molecule has 0 aromatic heterocycles. The van der Waals surface area contributed by atoms with Gasteiger partial charge in [0.05, 0.1) is 12.5 Å². The Hall–Kier alpha value is -0.480. The van der Waals surface area contributed by atoms with E-state index in [1.165, 1.54) is 6.07 Å². The number of nitrogens with zero attached hydrogens (tertiary/aromatic N) is 1. The van der Waals surface area contributed by atoms with Gasteiger partial charge in [-0.2, -0.15) is 14.0 Å². The SMILES string of the molecule is N#CCC(C(F)C(F)(F)Cl)[SH](=O)=O. The summed E-state index contributed by atoms with van der Waals surface area (Å²) in [7, 11) is -3.44. The molecule has 0 bridgehead atoms. The fourth-order valence-corrected chi connectivity index (χ4v) is 1.47. The van der Waals surface area contributed by atoms with Crippen LogP contribution in [0.5, 0.6) is 0 Å². The molecule has 0 aromatic carbocycles. The number of nitriles is 1. The maximum absolute atomic E-state index is 12.6. The van der Waals surface area contributed by atoms with Crippen LogP contribution >= 0.6 is 11.6 Å². The normalized spacial score (nSPS) is 16.6. The lowest BCUT2D eigenvalue weighted by molar-refractivity contribution is 0.00570. The number of rotatable bonds is 4. The fraction of sp³-hybridized carbons (Fsp3) is 0.800. The molecule has 0 fully saturated rings. The average molecular weight is 236 g/mol. The quantitative estimate of drug-likeness (QED) is 0.585. The molecule has 0 radical (unpaired) electrons. The molecule has 0 saturated heterocycles. The van der Waals surface area contributed by atoms with Crippen LogP contribution in [0.4, 0.5) is 13.2 Å². The molecule has 0 aliphatic rings. The summed E-state index contributed by atoms with van der Waals surface area (Å²) in [4.78, 5) is 0. The van der Waals surface area contributed by atoms with E-state index >= 15 is 0 Å². The van der Waals surface area contributed by atoms with E-state index in [0.29, 0.717) is 0 Å². The molecule has 0 amide bonds. The zero-order valence-corrected chi connectivity index (χ0v) is 7.73. The van der Waals surface area contributed by atoms with Gasteiger partial charge in [0.2, 0.25) is 0 Å². The summed E-state index contributed by atoms with van der Waals surface area (Å²) < 4.78 is 57.2. The molecule has 3 nitrogen and oxygen atoms in total. The van der Waals surface area contributed by atoms with Crippen LogP contribution in [0.3, 0.4) is 0 Å². The van der Waals surface area contributed by atoms with Crippen molar-refractivity contribution in [3.05, 3.63) is 0 Å². The van der Waals surface area contributed by atoms with E-state index in [2.05, 4.69) is 11.6 Å². The predicted molar refractivity (Wildman–Crippen MR) is 40.0 cm³/mol. The maximum atomic E-state index is 12.6. The lowest BCUT2D eigenvalue weighted by Gasteiger charge is -2.16. The van der Waals surface area contributed by atoms with E-state index < -0.39 is 33.9 Å². The molecule has 76 valence electrons. The van der Waals surface area contributed by atoms with Crippen LogP contribution in [0.15, 0.2) is 0 Å². The molecular formula is C5H5ClF3NO2S. The monoisotopic (exact) mass is 235 g/mol. The van der Waals surface area contributed by atoms with Crippen LogP contribution in [0.1, 0.15) is 6.42 Å². The highest BCUT2D eigenvalue weighted by Crippen LogP contribution is 2.30. The Kier molecular flexibility index (Phi) is 4.50. The Balaban J connectivity index is 4.68. The van der Waals surface area contributed by atoms with Crippen molar-refractivity contribution in [1.82, 2.24) is 0 Å². The van der Waals surface area contributed by atoms with E-state index in [1.54, 1.807) is 0 Å². The third-order valence-electron chi connectivity index (χ3n) is 1.22. The van der Waals surface area contributed by atoms with Gasteiger partial charge in [-0.15, -0.1) is 0 Å². The minimum absolute atomic E-state index is 0.845. The first-order valence-electron chi connectivity index (χ1n) is 3.02. The lowest BCUT2D eigenvalue weighted by Crippen LogP contribution is -2.36. The van der Waals surface area contributed by atoms with Gasteiger partial charge in [-0.3, -0.25) is 0 Å². The first kappa shape index (κ1) is 12.5. The van der Waals surface area contributed by atoms with Crippen LogP contribution in [0.25, 0.3) is 0 Å². The topological polar surface area (TPSA) is 57.9 Å². The predicted octanol–water partition coefficient (Wildman–Crippen LogP) is 1.05. The number of alkyl halides is 4. The Labute approximate surface area is 79.0 Å². The minimum atomic E-state index is -4.27. The van der Waals surface area contributed by atoms with Gasteiger partial charge in [0.15, 0.2) is 6.17 Å². The van der Waals surface area contributed by atoms with Crippen LogP contribution < -0.4 is 0 Å². The van der Waals surface area contributed by atoms with Crippen LogP contribution in [-0.2, 0) is 10.7 Å². The van der Waals surface area contributed by atoms with Gasteiger partial charge in [0, 0.05) is 0 Å². The van der Waals surface area contributed by atoms with Crippen LogP contribution in [0, 0.1) is 11.3 Å². The number of thiol groups is 1. The van der Waals surface area contributed by atoms with E-state index in [0.717, 1.165) is 0 Å². The van der Waals surface area contributed by atoms with Crippen molar-refractivity contribution >= 4 is 22.3 Å². The summed E-state index contributed by atoms with van der Waals surface area (Å²) in [6.45, 7) is 0. The van der Waals surface area contributed by atoms with Crippen molar-refractivity contribution in [3.63, 3.8) is 0 Å². The molecule has 0 aliphatic carbocycles. The molecule has 2 unspecified atom stereocenters. The largest absolute Gasteiger partial charge is 0.353 e. The molecule has 0 aliphatic heterocycles. The Morgan fingerprint density at radius 1 is 1.54 bits per heavy atom. The third kappa shape index (κ3) is 3.83. The minimum Gasteiger partial charge on any atom is -0.238 e. The van der Waals surface area contributed by atoms with E-state index in [-0.39, 0.29) is 0 Å². The van der Waals surface area contributed by atoms with E-state index in [1.807, 2.05) is 0 Å². The Morgan fingerprint density at radius 2 is 2.00 bits per heavy atom. The highest BCUT2D eigenvalue weighted by molar-refractivity contribution is 7.73. The van der Waals surface area contributed by atoms with E-state index in [9.17, 15) is 21.6 Å². The zero-order chi connectivity index (χ0) is 10.6. The smallest absolute Gasteiger partial charge is 0.238 e. The first-order valence-corrected chi connectivity index (χ1v) is 4.64. The second kappa shape index (κ2) is 4.67. The third-order valence-corrected chi connectivity index (χ3v) is 2.42. The zero-order valence-electron chi connectivity index (χ0n) is 6.08. The molecule has 13 heavy (non-hydrogen) atoms. The molecule has 0 rings (SSSR count). The Bertz CT molecular complexity index is 274. The molecule has 8 heteroatoms. The van der Waals surface area contributed by atoms with Crippen molar-refractivity contribution < 1.29 is 21.6 Å². The van der Waals surface area contributed by atoms with Crippen molar-refractivity contribution in [2.24, 2.45) is 0 Å². The lowest BCUT2D eigenvalue weighted by atomic mass is 10.2. The summed E-state index contributed by atoms with van der Waals surface area (Å²) in [5.41, 5.74) is 0. The second-order valence-corrected chi connectivity index (χ2v) is 3.90. The number of halogens is 4. The highest BCUT2D eigenvalue weighted by Gasteiger charge is 2.44. The summed E-state index contributed by atoms with van der Waals surface area (Å²) in [5, 5.41) is 1.70.